The summed E-state index contributed by atoms with van der Waals surface area (Å²) < 4.78 is 32.0. The van der Waals surface area contributed by atoms with E-state index < -0.39 is 10.0 Å². The Kier molecular flexibility index (Phi) is 4.51. The zero-order valence-electron chi connectivity index (χ0n) is 10.7. The van der Waals surface area contributed by atoms with Crippen molar-refractivity contribution in [3.05, 3.63) is 23.9 Å². The number of hydrogen-bond acceptors (Lipinski definition) is 5. The minimum Gasteiger partial charge on any atom is -0.392 e. The van der Waals surface area contributed by atoms with E-state index in [0.717, 1.165) is 0 Å². The quantitative estimate of drug-likeness (QED) is 0.791. The Balaban J connectivity index is 1.95. The van der Waals surface area contributed by atoms with Gasteiger partial charge in [-0.2, -0.15) is 0 Å². The molecule has 2 rings (SSSR count). The third-order valence-electron chi connectivity index (χ3n) is 3.07. The number of rotatable bonds is 6. The van der Waals surface area contributed by atoms with Gasteiger partial charge in [0.25, 0.3) is 10.0 Å². The number of aliphatic hydroxyl groups excluding tert-OH is 1. The molecule has 0 atom stereocenters. The molecule has 7 heteroatoms. The minimum absolute atomic E-state index is 0.0236. The molecule has 0 amide bonds. The molecule has 1 aliphatic rings. The summed E-state index contributed by atoms with van der Waals surface area (Å²) in [5.41, 5.74) is 0.582. The molecule has 0 spiro atoms. The molecule has 106 valence electrons. The van der Waals surface area contributed by atoms with Gasteiger partial charge >= 0.3 is 0 Å². The number of hydrogen-bond donors (Lipinski definition) is 2. The molecule has 1 saturated carbocycles. The first kappa shape index (κ1) is 14.4. The molecule has 0 aromatic carbocycles. The molecule has 1 heterocycles. The highest BCUT2D eigenvalue weighted by atomic mass is 32.2. The number of aromatic nitrogens is 1. The van der Waals surface area contributed by atoms with Crippen molar-refractivity contribution in [2.45, 2.75) is 43.5 Å². The number of ether oxygens (including phenoxy) is 1. The molecule has 0 bridgehead atoms. The normalized spacial score (nSPS) is 23.1. The largest absolute Gasteiger partial charge is 0.392 e. The Morgan fingerprint density at radius 1 is 1.47 bits per heavy atom. The Hall–Kier alpha value is -1.02. The zero-order chi connectivity index (χ0) is 13.9. The van der Waals surface area contributed by atoms with Gasteiger partial charge in [-0.15, -0.1) is 0 Å². The van der Waals surface area contributed by atoms with E-state index in [1.807, 2.05) is 6.92 Å². The predicted octanol–water partition coefficient (Wildman–Crippen LogP) is 0.420. The van der Waals surface area contributed by atoms with Crippen LogP contribution in [0, 0.1) is 0 Å². The topological polar surface area (TPSA) is 88.5 Å². The maximum absolute atomic E-state index is 12.0. The number of aliphatic hydroxyl groups is 1. The van der Waals surface area contributed by atoms with E-state index in [0.29, 0.717) is 25.0 Å². The van der Waals surface area contributed by atoms with Crippen LogP contribution in [0.1, 0.15) is 25.3 Å². The van der Waals surface area contributed by atoms with Crippen molar-refractivity contribution in [2.75, 3.05) is 6.61 Å². The van der Waals surface area contributed by atoms with Crippen LogP contribution in [0.3, 0.4) is 0 Å². The van der Waals surface area contributed by atoms with Crippen molar-refractivity contribution >= 4 is 10.0 Å². The summed E-state index contributed by atoms with van der Waals surface area (Å²) >= 11 is 0. The Bertz CT molecular complexity index is 509. The Morgan fingerprint density at radius 3 is 2.74 bits per heavy atom. The first-order chi connectivity index (χ1) is 9.05. The fourth-order valence-electron chi connectivity index (χ4n) is 1.98. The second kappa shape index (κ2) is 5.96. The second-order valence-corrected chi connectivity index (χ2v) is 6.19. The monoisotopic (exact) mass is 286 g/mol. The van der Waals surface area contributed by atoms with E-state index in [9.17, 15) is 8.42 Å². The molecule has 1 fully saturated rings. The third-order valence-corrected chi connectivity index (χ3v) is 4.51. The summed E-state index contributed by atoms with van der Waals surface area (Å²) in [6, 6.07) is 2.86. The predicted molar refractivity (Wildman–Crippen MR) is 68.9 cm³/mol. The average Bonchev–Trinajstić information content (AvgIpc) is 2.36. The van der Waals surface area contributed by atoms with E-state index in [1.54, 1.807) is 6.07 Å². The average molecular weight is 286 g/mol. The molecule has 6 nitrogen and oxygen atoms in total. The Morgan fingerprint density at radius 2 is 2.21 bits per heavy atom. The summed E-state index contributed by atoms with van der Waals surface area (Å²) in [7, 11) is -3.58. The second-order valence-electron chi connectivity index (χ2n) is 4.53. The highest BCUT2D eigenvalue weighted by Gasteiger charge is 2.33. The molecule has 0 unspecified atom stereocenters. The van der Waals surface area contributed by atoms with Gasteiger partial charge in [0.05, 0.1) is 12.7 Å². The maximum Gasteiger partial charge on any atom is 0.258 e. The number of nitrogens with one attached hydrogen (secondary N) is 1. The first-order valence-electron chi connectivity index (χ1n) is 6.25. The summed E-state index contributed by atoms with van der Waals surface area (Å²) in [6.45, 7) is 2.41. The fraction of sp³-hybridized carbons (Fsp3) is 0.583. The number of sulfonamides is 1. The molecule has 1 aliphatic carbocycles. The molecule has 19 heavy (non-hydrogen) atoms. The Labute approximate surface area is 112 Å². The van der Waals surface area contributed by atoms with Crippen LogP contribution >= 0.6 is 0 Å². The summed E-state index contributed by atoms with van der Waals surface area (Å²) in [5.74, 6) is 0. The lowest BCUT2D eigenvalue weighted by Crippen LogP contribution is -2.47. The van der Waals surface area contributed by atoms with Crippen molar-refractivity contribution in [3.63, 3.8) is 0 Å². The lowest BCUT2D eigenvalue weighted by atomic mass is 9.90. The summed E-state index contributed by atoms with van der Waals surface area (Å²) in [4.78, 5) is 3.85. The van der Waals surface area contributed by atoms with Crippen LogP contribution in [0.25, 0.3) is 0 Å². The van der Waals surface area contributed by atoms with Gasteiger partial charge in [-0.1, -0.05) is 6.07 Å². The van der Waals surface area contributed by atoms with Crippen LogP contribution in [0.4, 0.5) is 0 Å². The molecule has 0 aliphatic heterocycles. The van der Waals surface area contributed by atoms with Gasteiger partial charge in [-0.05, 0) is 31.4 Å². The summed E-state index contributed by atoms with van der Waals surface area (Å²) in [6.07, 6.45) is 2.91. The van der Waals surface area contributed by atoms with E-state index in [4.69, 9.17) is 9.84 Å². The van der Waals surface area contributed by atoms with Crippen molar-refractivity contribution in [1.29, 1.82) is 0 Å². The van der Waals surface area contributed by atoms with Gasteiger partial charge in [0.1, 0.15) is 0 Å². The van der Waals surface area contributed by atoms with Crippen molar-refractivity contribution < 1.29 is 18.3 Å². The first-order valence-corrected chi connectivity index (χ1v) is 7.73. The highest BCUT2D eigenvalue weighted by molar-refractivity contribution is 7.89. The molecule has 2 N–H and O–H groups in total. The molecular formula is C12H18N2O4S. The molecule has 0 saturated heterocycles. The minimum atomic E-state index is -3.58. The van der Waals surface area contributed by atoms with Crippen molar-refractivity contribution in [3.8, 4) is 0 Å². The number of pyridine rings is 1. The van der Waals surface area contributed by atoms with Crippen molar-refractivity contribution in [1.82, 2.24) is 9.71 Å². The molecule has 0 radical (unpaired) electrons. The van der Waals surface area contributed by atoms with Crippen LogP contribution in [-0.4, -0.2) is 37.3 Å². The van der Waals surface area contributed by atoms with E-state index >= 15 is 0 Å². The lowest BCUT2D eigenvalue weighted by Gasteiger charge is -2.34. The van der Waals surface area contributed by atoms with Gasteiger partial charge in [-0.3, -0.25) is 0 Å². The van der Waals surface area contributed by atoms with Gasteiger partial charge in [0.2, 0.25) is 0 Å². The lowest BCUT2D eigenvalue weighted by molar-refractivity contribution is -0.00477. The van der Waals surface area contributed by atoms with E-state index in [-0.39, 0.29) is 23.8 Å². The van der Waals surface area contributed by atoms with E-state index in [1.165, 1.54) is 12.3 Å². The van der Waals surface area contributed by atoms with Crippen molar-refractivity contribution in [2.24, 2.45) is 0 Å². The third kappa shape index (κ3) is 3.50. The van der Waals surface area contributed by atoms with E-state index in [2.05, 4.69) is 9.71 Å². The summed E-state index contributed by atoms with van der Waals surface area (Å²) in [5, 5.41) is 8.86. The molecular weight excluding hydrogens is 268 g/mol. The standard InChI is InChI=1S/C12H18N2O4S/c1-2-18-11-5-10(6-11)14-19(16,17)12-4-3-9(8-15)7-13-12/h3-4,7,10-11,14-15H,2,5-6,8H2,1H3. The van der Waals surface area contributed by atoms with Crippen LogP contribution in [-0.2, 0) is 21.4 Å². The fourth-order valence-corrected chi connectivity index (χ4v) is 3.17. The smallest absolute Gasteiger partial charge is 0.258 e. The maximum atomic E-state index is 12.0. The zero-order valence-corrected chi connectivity index (χ0v) is 11.6. The molecule has 1 aromatic heterocycles. The van der Waals surface area contributed by atoms with Crippen LogP contribution in [0.2, 0.25) is 0 Å². The highest BCUT2D eigenvalue weighted by Crippen LogP contribution is 2.24. The SMILES string of the molecule is CCOC1CC(NS(=O)(=O)c2ccc(CO)cn2)C1. The molecule has 1 aromatic rings. The van der Waals surface area contributed by atoms with Crippen LogP contribution in [0.15, 0.2) is 23.4 Å². The van der Waals surface area contributed by atoms with Gasteiger partial charge in [0.15, 0.2) is 5.03 Å². The number of nitrogens with zero attached hydrogens (tertiary/aromatic N) is 1. The van der Waals surface area contributed by atoms with Gasteiger partial charge in [0, 0.05) is 18.8 Å². The van der Waals surface area contributed by atoms with Crippen LogP contribution in [0.5, 0.6) is 0 Å². The van der Waals surface area contributed by atoms with Gasteiger partial charge in [-0.25, -0.2) is 18.1 Å². The van der Waals surface area contributed by atoms with Crippen LogP contribution < -0.4 is 4.72 Å². The van der Waals surface area contributed by atoms with Gasteiger partial charge < -0.3 is 9.84 Å².